The van der Waals surface area contributed by atoms with Gasteiger partial charge in [0.25, 0.3) is 0 Å². The number of carbonyl (C=O) groups is 1. The van der Waals surface area contributed by atoms with E-state index in [0.717, 1.165) is 31.1 Å². The number of carbonyl (C=O) groups excluding carboxylic acids is 1. The lowest BCUT2D eigenvalue weighted by atomic mass is 9.89. The average Bonchev–Trinajstić information content (AvgIpc) is 2.89. The molecule has 1 aliphatic carbocycles. The third-order valence-electron chi connectivity index (χ3n) is 6.68. The van der Waals surface area contributed by atoms with Crippen molar-refractivity contribution < 1.29 is 13.2 Å². The van der Waals surface area contributed by atoms with E-state index in [0.29, 0.717) is 25.3 Å². The molecule has 0 unspecified atom stereocenters. The second-order valence-electron chi connectivity index (χ2n) is 9.22. The molecule has 9 heteroatoms. The molecule has 2 amide bonds. The number of rotatable bonds is 8. The van der Waals surface area contributed by atoms with Crippen molar-refractivity contribution in [3.05, 3.63) is 66.5 Å². The number of aromatic nitrogens is 1. The van der Waals surface area contributed by atoms with Crippen LogP contribution in [-0.4, -0.2) is 61.4 Å². The summed E-state index contributed by atoms with van der Waals surface area (Å²) in [6.07, 6.45) is 14.6. The van der Waals surface area contributed by atoms with Gasteiger partial charge in [-0.05, 0) is 54.7 Å². The number of benzene rings is 1. The first-order valence-electron chi connectivity index (χ1n) is 12.4. The molecular weight excluding hydrogens is 462 g/mol. The minimum atomic E-state index is -3.56. The van der Waals surface area contributed by atoms with Crippen LogP contribution in [0.5, 0.6) is 0 Å². The molecule has 0 atom stereocenters. The van der Waals surface area contributed by atoms with Crippen LogP contribution in [-0.2, 0) is 16.6 Å². The molecule has 1 saturated carbocycles. The van der Waals surface area contributed by atoms with Crippen LogP contribution in [0, 0.1) is 5.92 Å². The lowest BCUT2D eigenvalue weighted by molar-refractivity contribution is 0.204. The molecule has 2 N–H and O–H groups in total. The van der Waals surface area contributed by atoms with Gasteiger partial charge >= 0.3 is 6.03 Å². The van der Waals surface area contributed by atoms with Crippen LogP contribution in [0.1, 0.15) is 37.7 Å². The lowest BCUT2D eigenvalue weighted by Crippen LogP contribution is -2.48. The van der Waals surface area contributed by atoms with Gasteiger partial charge in [-0.15, -0.1) is 0 Å². The van der Waals surface area contributed by atoms with Crippen LogP contribution in [0.3, 0.4) is 0 Å². The fourth-order valence-electron chi connectivity index (χ4n) is 4.60. The summed E-state index contributed by atoms with van der Waals surface area (Å²) in [5.74, 6) is 0.718. The Morgan fingerprint density at radius 2 is 1.77 bits per heavy atom. The van der Waals surface area contributed by atoms with E-state index < -0.39 is 10.0 Å². The summed E-state index contributed by atoms with van der Waals surface area (Å²) in [5.41, 5.74) is 1.42. The zero-order valence-electron chi connectivity index (χ0n) is 20.1. The van der Waals surface area contributed by atoms with Gasteiger partial charge in [-0.3, -0.25) is 9.88 Å². The highest BCUT2D eigenvalue weighted by Crippen LogP contribution is 2.24. The summed E-state index contributed by atoms with van der Waals surface area (Å²) < 4.78 is 27.7. The number of nitrogens with one attached hydrogen (secondary N) is 2. The Kier molecular flexibility index (Phi) is 8.90. The van der Waals surface area contributed by atoms with Crippen molar-refractivity contribution in [3.63, 3.8) is 0 Å². The highest BCUT2D eigenvalue weighted by molar-refractivity contribution is 7.89. The molecule has 2 aromatic rings. The Labute approximate surface area is 208 Å². The van der Waals surface area contributed by atoms with Gasteiger partial charge in [-0.2, -0.15) is 4.31 Å². The maximum absolute atomic E-state index is 13.1. The Balaban J connectivity index is 1.23. The van der Waals surface area contributed by atoms with Crippen molar-refractivity contribution in [2.45, 2.75) is 43.5 Å². The lowest BCUT2D eigenvalue weighted by Gasteiger charge is -2.33. The number of sulfonamides is 1. The van der Waals surface area contributed by atoms with Gasteiger partial charge in [0.2, 0.25) is 10.0 Å². The molecule has 2 aliphatic rings. The van der Waals surface area contributed by atoms with Crippen molar-refractivity contribution in [3.8, 4) is 0 Å². The predicted octanol–water partition coefficient (Wildman–Crippen LogP) is 3.85. The van der Waals surface area contributed by atoms with Crippen LogP contribution in [0.25, 0.3) is 0 Å². The molecule has 0 bridgehead atoms. The van der Waals surface area contributed by atoms with Gasteiger partial charge in [0.15, 0.2) is 0 Å². The zero-order valence-corrected chi connectivity index (χ0v) is 20.9. The molecular formula is C26H35N5O3S. The van der Waals surface area contributed by atoms with E-state index in [1.54, 1.807) is 41.0 Å². The molecule has 1 aromatic heterocycles. The van der Waals surface area contributed by atoms with Crippen molar-refractivity contribution in [1.82, 2.24) is 19.5 Å². The molecule has 1 aliphatic heterocycles. The van der Waals surface area contributed by atoms with Gasteiger partial charge in [-0.25, -0.2) is 13.2 Å². The molecule has 188 valence electrons. The van der Waals surface area contributed by atoms with E-state index in [2.05, 4.69) is 32.7 Å². The number of anilines is 1. The first-order chi connectivity index (χ1) is 17.0. The SMILES string of the molecule is O=C(NCc1cccnc1)Nc1ccc(S(=O)(=O)N2CCN(C/C=C/C3CCCCC3)CC2)cc1. The number of allylic oxidation sites excluding steroid dienone is 1. The Morgan fingerprint density at radius 3 is 2.46 bits per heavy atom. The summed E-state index contributed by atoms with van der Waals surface area (Å²) in [7, 11) is -3.56. The summed E-state index contributed by atoms with van der Waals surface area (Å²) in [6.45, 7) is 3.66. The van der Waals surface area contributed by atoms with E-state index in [4.69, 9.17) is 0 Å². The van der Waals surface area contributed by atoms with Crippen LogP contribution in [0.15, 0.2) is 65.8 Å². The topological polar surface area (TPSA) is 94.6 Å². The van der Waals surface area contributed by atoms with Crippen LogP contribution >= 0.6 is 0 Å². The van der Waals surface area contributed by atoms with Crippen LogP contribution in [0.4, 0.5) is 10.5 Å². The number of piperazine rings is 1. The normalized spacial score (nSPS) is 18.5. The van der Waals surface area contributed by atoms with Crippen molar-refractivity contribution in [2.75, 3.05) is 38.0 Å². The minimum Gasteiger partial charge on any atom is -0.334 e. The maximum Gasteiger partial charge on any atom is 0.319 e. The first-order valence-corrected chi connectivity index (χ1v) is 13.9. The van der Waals surface area contributed by atoms with Crippen molar-refractivity contribution in [2.24, 2.45) is 5.92 Å². The van der Waals surface area contributed by atoms with Gasteiger partial charge in [-0.1, -0.05) is 37.5 Å². The van der Waals surface area contributed by atoms with E-state index in [1.807, 2.05) is 12.1 Å². The fourth-order valence-corrected chi connectivity index (χ4v) is 6.02. The molecule has 35 heavy (non-hydrogen) atoms. The summed E-state index contributed by atoms with van der Waals surface area (Å²) >= 11 is 0. The van der Waals surface area contributed by atoms with Gasteiger partial charge in [0.05, 0.1) is 4.90 Å². The van der Waals surface area contributed by atoms with Gasteiger partial charge in [0.1, 0.15) is 0 Å². The number of urea groups is 1. The molecule has 1 saturated heterocycles. The highest BCUT2D eigenvalue weighted by atomic mass is 32.2. The Bertz CT molecular complexity index is 1080. The minimum absolute atomic E-state index is 0.240. The predicted molar refractivity (Wildman–Crippen MR) is 137 cm³/mol. The van der Waals surface area contributed by atoms with Gasteiger partial charge in [0, 0.05) is 57.3 Å². The monoisotopic (exact) mass is 497 g/mol. The molecule has 8 nitrogen and oxygen atoms in total. The Morgan fingerprint density at radius 1 is 1.03 bits per heavy atom. The standard InChI is InChI=1S/C26H35N5O3S/c32-26(28-21-23-8-4-14-27-20-23)29-24-10-12-25(13-11-24)35(33,34)31-18-16-30(17-19-31)15-5-9-22-6-2-1-3-7-22/h4-5,8-14,20,22H,1-3,6-7,15-19,21H2,(H2,28,29,32)/b9-5+. The highest BCUT2D eigenvalue weighted by Gasteiger charge is 2.28. The largest absolute Gasteiger partial charge is 0.334 e. The number of pyridine rings is 1. The van der Waals surface area contributed by atoms with E-state index >= 15 is 0 Å². The maximum atomic E-state index is 13.1. The molecule has 2 fully saturated rings. The third kappa shape index (κ3) is 7.37. The smallest absolute Gasteiger partial charge is 0.319 e. The third-order valence-corrected chi connectivity index (χ3v) is 8.59. The number of hydrogen-bond donors (Lipinski definition) is 2. The number of amides is 2. The van der Waals surface area contributed by atoms with Crippen LogP contribution < -0.4 is 10.6 Å². The number of nitrogens with zero attached hydrogens (tertiary/aromatic N) is 3. The van der Waals surface area contributed by atoms with E-state index in [-0.39, 0.29) is 10.9 Å². The van der Waals surface area contributed by atoms with Gasteiger partial charge < -0.3 is 10.6 Å². The first kappa shape index (κ1) is 25.3. The molecule has 0 spiro atoms. The second kappa shape index (κ2) is 12.3. The fraction of sp³-hybridized carbons (Fsp3) is 0.462. The van der Waals surface area contributed by atoms with E-state index in [1.165, 1.54) is 32.1 Å². The molecule has 4 rings (SSSR count). The van der Waals surface area contributed by atoms with Crippen molar-refractivity contribution >= 4 is 21.7 Å². The van der Waals surface area contributed by atoms with Crippen molar-refractivity contribution in [1.29, 1.82) is 0 Å². The van der Waals surface area contributed by atoms with E-state index in [9.17, 15) is 13.2 Å². The summed E-state index contributed by atoms with van der Waals surface area (Å²) in [6, 6.07) is 9.64. The molecule has 2 heterocycles. The molecule has 0 radical (unpaired) electrons. The quantitative estimate of drug-likeness (QED) is 0.541. The average molecular weight is 498 g/mol. The second-order valence-corrected chi connectivity index (χ2v) is 11.2. The summed E-state index contributed by atoms with van der Waals surface area (Å²) in [4.78, 5) is 18.7. The van der Waals surface area contributed by atoms with Crippen LogP contribution in [0.2, 0.25) is 0 Å². The zero-order chi connectivity index (χ0) is 24.5. The molecule has 1 aromatic carbocycles. The Hall–Kier alpha value is -2.75. The summed E-state index contributed by atoms with van der Waals surface area (Å²) in [5, 5.41) is 5.48. The number of hydrogen-bond acceptors (Lipinski definition) is 5.